The second-order valence-electron chi connectivity index (χ2n) is 7.06. The number of carbonyl (C=O) groups is 2. The number of fused-ring (bicyclic) bond motifs is 1. The zero-order chi connectivity index (χ0) is 19.7. The fourth-order valence-corrected chi connectivity index (χ4v) is 3.80. The molecule has 2 amide bonds. The van der Waals surface area contributed by atoms with Crippen LogP contribution >= 0.6 is 0 Å². The molecule has 1 aliphatic carbocycles. The molecule has 4 rings (SSSR count). The Bertz CT molecular complexity index is 1020. The number of benzene rings is 1. The van der Waals surface area contributed by atoms with E-state index in [1.807, 2.05) is 12.1 Å². The second kappa shape index (κ2) is 7.38. The van der Waals surface area contributed by atoms with Crippen molar-refractivity contribution in [3.8, 4) is 0 Å². The molecule has 0 spiro atoms. The van der Waals surface area contributed by atoms with Crippen LogP contribution in [-0.2, 0) is 0 Å². The molecule has 7 nitrogen and oxygen atoms in total. The van der Waals surface area contributed by atoms with Gasteiger partial charge < -0.3 is 11.1 Å². The zero-order valence-electron chi connectivity index (χ0n) is 15.1. The van der Waals surface area contributed by atoms with Crippen molar-refractivity contribution in [2.75, 3.05) is 0 Å². The summed E-state index contributed by atoms with van der Waals surface area (Å²) in [6.45, 7) is 0. The summed E-state index contributed by atoms with van der Waals surface area (Å²) in [4.78, 5) is 28.3. The molecule has 3 N–H and O–H groups in total. The molecule has 2 heterocycles. The number of aromatic nitrogens is 3. The van der Waals surface area contributed by atoms with Crippen molar-refractivity contribution in [1.82, 2.24) is 19.9 Å². The predicted octanol–water partition coefficient (Wildman–Crippen LogP) is 2.42. The molecule has 28 heavy (non-hydrogen) atoms. The average Bonchev–Trinajstić information content (AvgIpc) is 3.14. The van der Waals surface area contributed by atoms with Gasteiger partial charge in [0, 0.05) is 12.2 Å². The topological polar surface area (TPSA) is 102 Å². The molecule has 2 aromatic heterocycles. The van der Waals surface area contributed by atoms with E-state index in [9.17, 15) is 14.0 Å². The molecule has 0 unspecified atom stereocenters. The normalized spacial score (nSPS) is 19.5. The summed E-state index contributed by atoms with van der Waals surface area (Å²) in [5.74, 6) is -0.756. The zero-order valence-corrected chi connectivity index (χ0v) is 15.1. The molecule has 144 valence electrons. The molecule has 1 saturated carbocycles. The lowest BCUT2D eigenvalue weighted by atomic mass is 9.82. The molecule has 0 radical (unpaired) electrons. The Morgan fingerprint density at radius 1 is 1.11 bits per heavy atom. The number of halogens is 1. The fourth-order valence-electron chi connectivity index (χ4n) is 3.80. The Labute approximate surface area is 160 Å². The maximum Gasteiger partial charge on any atom is 0.270 e. The number of primary amides is 1. The van der Waals surface area contributed by atoms with Gasteiger partial charge in [0.1, 0.15) is 17.1 Å². The van der Waals surface area contributed by atoms with E-state index in [0.717, 1.165) is 31.2 Å². The first-order chi connectivity index (χ1) is 13.5. The van der Waals surface area contributed by atoms with E-state index in [1.165, 1.54) is 29.0 Å². The number of amides is 2. The van der Waals surface area contributed by atoms with Gasteiger partial charge in [0.05, 0.1) is 6.20 Å². The SMILES string of the molecule is NC(=O)c1cnn2c(C(=O)NC3CCC(c4ccc(F)cc4)CC3)ccnc12. The molecule has 8 heteroatoms. The largest absolute Gasteiger partial charge is 0.365 e. The van der Waals surface area contributed by atoms with Crippen molar-refractivity contribution in [2.24, 2.45) is 5.73 Å². The molecule has 1 fully saturated rings. The van der Waals surface area contributed by atoms with Gasteiger partial charge >= 0.3 is 0 Å². The molecule has 0 bridgehead atoms. The first kappa shape index (κ1) is 18.1. The van der Waals surface area contributed by atoms with Crippen molar-refractivity contribution in [3.05, 3.63) is 65.4 Å². The molecule has 0 aliphatic heterocycles. The lowest BCUT2D eigenvalue weighted by Crippen LogP contribution is -2.38. The van der Waals surface area contributed by atoms with E-state index in [2.05, 4.69) is 15.4 Å². The van der Waals surface area contributed by atoms with Crippen LogP contribution in [0.2, 0.25) is 0 Å². The van der Waals surface area contributed by atoms with Crippen LogP contribution in [0, 0.1) is 5.82 Å². The van der Waals surface area contributed by atoms with E-state index in [4.69, 9.17) is 5.73 Å². The highest BCUT2D eigenvalue weighted by molar-refractivity contribution is 5.99. The molecule has 0 atom stereocenters. The van der Waals surface area contributed by atoms with Gasteiger partial charge in [0.2, 0.25) is 0 Å². The van der Waals surface area contributed by atoms with Crippen molar-refractivity contribution >= 4 is 17.5 Å². The number of nitrogens with zero attached hydrogens (tertiary/aromatic N) is 3. The highest BCUT2D eigenvalue weighted by atomic mass is 19.1. The monoisotopic (exact) mass is 381 g/mol. The van der Waals surface area contributed by atoms with Crippen LogP contribution in [0.4, 0.5) is 4.39 Å². The molecule has 1 aromatic carbocycles. The summed E-state index contributed by atoms with van der Waals surface area (Å²) in [5, 5.41) is 7.12. The minimum absolute atomic E-state index is 0.0542. The lowest BCUT2D eigenvalue weighted by molar-refractivity contribution is 0.0917. The number of nitrogens with one attached hydrogen (secondary N) is 1. The first-order valence-corrected chi connectivity index (χ1v) is 9.22. The van der Waals surface area contributed by atoms with Gasteiger partial charge in [0.25, 0.3) is 11.8 Å². The summed E-state index contributed by atoms with van der Waals surface area (Å²) in [6.07, 6.45) is 6.31. The van der Waals surface area contributed by atoms with Gasteiger partial charge in [-0.3, -0.25) is 9.59 Å². The van der Waals surface area contributed by atoms with Crippen molar-refractivity contribution in [3.63, 3.8) is 0 Å². The van der Waals surface area contributed by atoms with E-state index in [1.54, 1.807) is 6.07 Å². The first-order valence-electron chi connectivity index (χ1n) is 9.22. The van der Waals surface area contributed by atoms with E-state index in [0.29, 0.717) is 11.6 Å². The van der Waals surface area contributed by atoms with Gasteiger partial charge in [-0.25, -0.2) is 13.9 Å². The van der Waals surface area contributed by atoms with Gasteiger partial charge in [0.15, 0.2) is 5.65 Å². The number of hydrogen-bond acceptors (Lipinski definition) is 4. The Balaban J connectivity index is 1.43. The average molecular weight is 381 g/mol. The second-order valence-corrected chi connectivity index (χ2v) is 7.06. The van der Waals surface area contributed by atoms with Crippen LogP contribution in [0.3, 0.4) is 0 Å². The summed E-state index contributed by atoms with van der Waals surface area (Å²) < 4.78 is 14.4. The number of hydrogen-bond donors (Lipinski definition) is 2. The van der Waals surface area contributed by atoms with Gasteiger partial charge in [-0.2, -0.15) is 5.10 Å². The number of rotatable bonds is 4. The van der Waals surface area contributed by atoms with E-state index < -0.39 is 5.91 Å². The minimum Gasteiger partial charge on any atom is -0.365 e. The fraction of sp³-hybridized carbons (Fsp3) is 0.300. The Hall–Kier alpha value is -3.29. The van der Waals surface area contributed by atoms with Crippen molar-refractivity contribution < 1.29 is 14.0 Å². The minimum atomic E-state index is -0.640. The third-order valence-electron chi connectivity index (χ3n) is 5.30. The highest BCUT2D eigenvalue weighted by Gasteiger charge is 2.25. The van der Waals surface area contributed by atoms with Crippen LogP contribution in [0.25, 0.3) is 5.65 Å². The standard InChI is InChI=1S/C20H20FN5O2/c21-14-5-1-12(2-6-14)13-3-7-15(8-4-13)25-20(28)17-9-10-23-19-16(18(22)27)11-24-26(17)19/h1-2,5-6,9-11,13,15H,3-4,7-8H2,(H2,22,27)(H,25,28). The molecule has 0 saturated heterocycles. The van der Waals surface area contributed by atoms with Crippen LogP contribution in [-0.4, -0.2) is 32.5 Å². The summed E-state index contributed by atoms with van der Waals surface area (Å²) in [6, 6.07) is 8.26. The third-order valence-corrected chi connectivity index (χ3v) is 5.30. The van der Waals surface area contributed by atoms with Gasteiger partial charge in [-0.05, 0) is 55.4 Å². The van der Waals surface area contributed by atoms with Crippen LogP contribution in [0.15, 0.2) is 42.7 Å². The van der Waals surface area contributed by atoms with Crippen LogP contribution < -0.4 is 11.1 Å². The van der Waals surface area contributed by atoms with Crippen molar-refractivity contribution in [1.29, 1.82) is 0 Å². The van der Waals surface area contributed by atoms with Crippen molar-refractivity contribution in [2.45, 2.75) is 37.6 Å². The summed E-state index contributed by atoms with van der Waals surface area (Å²) in [5.41, 5.74) is 7.20. The van der Waals surface area contributed by atoms with E-state index in [-0.39, 0.29) is 29.0 Å². The lowest BCUT2D eigenvalue weighted by Gasteiger charge is -2.29. The maximum atomic E-state index is 13.1. The Morgan fingerprint density at radius 2 is 1.82 bits per heavy atom. The van der Waals surface area contributed by atoms with Crippen LogP contribution in [0.5, 0.6) is 0 Å². The van der Waals surface area contributed by atoms with E-state index >= 15 is 0 Å². The quantitative estimate of drug-likeness (QED) is 0.724. The molecular weight excluding hydrogens is 361 g/mol. The Kier molecular flexibility index (Phi) is 4.77. The molecular formula is C20H20FN5O2. The summed E-state index contributed by atoms with van der Waals surface area (Å²) in [7, 11) is 0. The molecule has 3 aromatic rings. The predicted molar refractivity (Wildman–Crippen MR) is 100 cm³/mol. The highest BCUT2D eigenvalue weighted by Crippen LogP contribution is 2.33. The third kappa shape index (κ3) is 3.45. The van der Waals surface area contributed by atoms with Gasteiger partial charge in [-0.15, -0.1) is 0 Å². The van der Waals surface area contributed by atoms with Gasteiger partial charge in [-0.1, -0.05) is 12.1 Å². The maximum absolute atomic E-state index is 13.1. The molecule has 1 aliphatic rings. The Morgan fingerprint density at radius 3 is 2.50 bits per heavy atom. The number of nitrogens with two attached hydrogens (primary N) is 1. The number of carbonyl (C=O) groups excluding carboxylic acids is 2. The smallest absolute Gasteiger partial charge is 0.270 e. The van der Waals surface area contributed by atoms with Crippen LogP contribution in [0.1, 0.15) is 58.0 Å². The summed E-state index contributed by atoms with van der Waals surface area (Å²) >= 11 is 0.